The zero-order valence-electron chi connectivity index (χ0n) is 8.58. The predicted octanol–water partition coefficient (Wildman–Crippen LogP) is 2.35. The van der Waals surface area contributed by atoms with Crippen LogP contribution in [0.5, 0.6) is 0 Å². The minimum atomic E-state index is -1.27. The molecule has 74 valence electrons. The van der Waals surface area contributed by atoms with Crippen molar-refractivity contribution in [1.29, 1.82) is 0 Å². The molecule has 0 saturated heterocycles. The quantitative estimate of drug-likeness (QED) is 0.664. The normalized spacial score (nSPS) is 16.8. The molecule has 0 fully saturated rings. The first-order chi connectivity index (χ1) is 5.61. The Bertz CT molecular complexity index is 183. The second kappa shape index (κ2) is 6.46. The third-order valence-corrected chi connectivity index (χ3v) is 3.47. The van der Waals surface area contributed by atoms with Crippen LogP contribution in [0.25, 0.3) is 0 Å². The molecule has 2 atom stereocenters. The van der Waals surface area contributed by atoms with E-state index in [9.17, 15) is 4.21 Å². The Morgan fingerprint density at radius 1 is 1.42 bits per heavy atom. The molecule has 2 nitrogen and oxygen atoms in total. The van der Waals surface area contributed by atoms with E-state index in [0.717, 1.165) is 12.2 Å². The fourth-order valence-corrected chi connectivity index (χ4v) is 2.14. The van der Waals surface area contributed by atoms with Gasteiger partial charge in [0.05, 0.1) is 0 Å². The molecule has 0 aromatic rings. The highest BCUT2D eigenvalue weighted by molar-refractivity contribution is 7.74. The minimum absolute atomic E-state index is 0.704. The summed E-state index contributed by atoms with van der Waals surface area (Å²) in [6.07, 6.45) is 2.24. The zero-order chi connectivity index (χ0) is 9.56. The Morgan fingerprint density at radius 2 is 2.00 bits per heavy atom. The molecule has 0 aliphatic rings. The lowest BCUT2D eigenvalue weighted by atomic mass is 9.91. The van der Waals surface area contributed by atoms with Crippen molar-refractivity contribution in [2.24, 2.45) is 16.2 Å². The monoisotopic (exact) mass is 191 g/mol. The van der Waals surface area contributed by atoms with E-state index in [0.29, 0.717) is 11.8 Å². The highest BCUT2D eigenvalue weighted by atomic mass is 32.2. The molecule has 0 aliphatic carbocycles. The molecular formula is C9H21NOS. The summed E-state index contributed by atoms with van der Waals surface area (Å²) in [7, 11) is 0.368. The maximum atomic E-state index is 11.0. The summed E-state index contributed by atoms with van der Waals surface area (Å²) in [6.45, 7) is 6.65. The Hall–Kier alpha value is -0.0500. The number of thiol groups is 1. The van der Waals surface area contributed by atoms with Gasteiger partial charge in [0.1, 0.15) is 0 Å². The topological polar surface area (TPSA) is 29.4 Å². The summed E-state index contributed by atoms with van der Waals surface area (Å²) in [5.74, 6) is 2.18. The van der Waals surface area contributed by atoms with Crippen LogP contribution < -0.4 is 0 Å². The summed E-state index contributed by atoms with van der Waals surface area (Å²) in [6, 6.07) is 0. The van der Waals surface area contributed by atoms with Gasteiger partial charge in [0.25, 0.3) is 0 Å². The molecule has 0 saturated carbocycles. The Morgan fingerprint density at radius 3 is 2.33 bits per heavy atom. The summed E-state index contributed by atoms with van der Waals surface area (Å²) < 4.78 is 14.8. The van der Waals surface area contributed by atoms with E-state index in [1.54, 1.807) is 7.05 Å². The lowest BCUT2D eigenvalue weighted by molar-refractivity contribution is 0.364. The van der Waals surface area contributed by atoms with Crippen LogP contribution in [0.2, 0.25) is 0 Å². The molecule has 0 radical (unpaired) electrons. The van der Waals surface area contributed by atoms with E-state index in [1.807, 2.05) is 0 Å². The summed E-state index contributed by atoms with van der Waals surface area (Å²) >= 11 is 0. The standard InChI is InChI=1S/C9H21NOS/c1-5-9(8(2)3)6-7-12(11)10-4/h8-9,12H,5-7H2,1-4H3/t9-/m1/s1. The Balaban J connectivity index is 3.81. The van der Waals surface area contributed by atoms with Gasteiger partial charge in [0.2, 0.25) is 0 Å². The van der Waals surface area contributed by atoms with Gasteiger partial charge in [-0.1, -0.05) is 27.2 Å². The molecule has 12 heavy (non-hydrogen) atoms. The summed E-state index contributed by atoms with van der Waals surface area (Å²) in [5.41, 5.74) is 0. The van der Waals surface area contributed by atoms with Crippen molar-refractivity contribution < 1.29 is 4.21 Å². The average Bonchev–Trinajstić information content (AvgIpc) is 2.04. The van der Waals surface area contributed by atoms with Crippen LogP contribution in [0.15, 0.2) is 4.36 Å². The largest absolute Gasteiger partial charge is 0.253 e. The first-order valence-corrected chi connectivity index (χ1v) is 6.06. The number of rotatable bonds is 5. The molecule has 0 amide bonds. The van der Waals surface area contributed by atoms with E-state index in [4.69, 9.17) is 0 Å². The van der Waals surface area contributed by atoms with Crippen LogP contribution in [-0.4, -0.2) is 17.0 Å². The summed E-state index contributed by atoms with van der Waals surface area (Å²) in [5, 5.41) is 0. The highest BCUT2D eigenvalue weighted by Crippen LogP contribution is 2.18. The molecule has 1 unspecified atom stereocenters. The number of hydrogen-bond acceptors (Lipinski definition) is 2. The van der Waals surface area contributed by atoms with Crippen molar-refractivity contribution in [1.82, 2.24) is 0 Å². The molecular weight excluding hydrogens is 170 g/mol. The average molecular weight is 191 g/mol. The number of nitrogens with zero attached hydrogens (tertiary/aromatic N) is 1. The van der Waals surface area contributed by atoms with E-state index in [-0.39, 0.29) is 0 Å². The van der Waals surface area contributed by atoms with Crippen LogP contribution in [-0.2, 0) is 10.6 Å². The molecule has 0 N–H and O–H groups in total. The van der Waals surface area contributed by atoms with Crippen molar-refractivity contribution in [3.8, 4) is 0 Å². The van der Waals surface area contributed by atoms with Gasteiger partial charge in [-0.2, -0.15) is 0 Å². The van der Waals surface area contributed by atoms with Crippen molar-refractivity contribution in [3.05, 3.63) is 0 Å². The molecule has 0 rings (SSSR count). The first-order valence-electron chi connectivity index (χ1n) is 4.66. The second-order valence-corrected chi connectivity index (χ2v) is 5.03. The highest BCUT2D eigenvalue weighted by Gasteiger charge is 2.09. The fraction of sp³-hybridized carbons (Fsp3) is 1.00. The van der Waals surface area contributed by atoms with Gasteiger partial charge in [-0.15, -0.1) is 0 Å². The van der Waals surface area contributed by atoms with Gasteiger partial charge in [-0.25, -0.2) is 4.36 Å². The first kappa shape index (κ1) is 11.9. The van der Waals surface area contributed by atoms with Crippen LogP contribution in [0, 0.1) is 11.8 Å². The van der Waals surface area contributed by atoms with Crippen molar-refractivity contribution >= 4 is 10.6 Å². The molecule has 0 aromatic carbocycles. The van der Waals surface area contributed by atoms with E-state index < -0.39 is 10.6 Å². The molecule has 0 aliphatic heterocycles. The van der Waals surface area contributed by atoms with Gasteiger partial charge < -0.3 is 0 Å². The van der Waals surface area contributed by atoms with Crippen molar-refractivity contribution in [2.45, 2.75) is 33.6 Å². The Labute approximate surface area is 78.0 Å². The SMILES string of the molecule is CC[C@H](CC/[SH](=O)=N/C)C(C)C. The van der Waals surface area contributed by atoms with Gasteiger partial charge in [-0.05, 0) is 18.3 Å². The van der Waals surface area contributed by atoms with Gasteiger partial charge >= 0.3 is 0 Å². The van der Waals surface area contributed by atoms with Crippen molar-refractivity contribution in [3.63, 3.8) is 0 Å². The second-order valence-electron chi connectivity index (χ2n) is 3.48. The van der Waals surface area contributed by atoms with E-state index in [2.05, 4.69) is 25.1 Å². The maximum absolute atomic E-state index is 11.0. The van der Waals surface area contributed by atoms with Crippen LogP contribution in [0.1, 0.15) is 33.6 Å². The van der Waals surface area contributed by atoms with Crippen LogP contribution >= 0.6 is 0 Å². The lowest BCUT2D eigenvalue weighted by Crippen LogP contribution is -2.09. The third kappa shape index (κ3) is 4.75. The summed E-state index contributed by atoms with van der Waals surface area (Å²) in [4.78, 5) is 0. The third-order valence-electron chi connectivity index (χ3n) is 2.38. The zero-order valence-corrected chi connectivity index (χ0v) is 9.47. The van der Waals surface area contributed by atoms with Crippen LogP contribution in [0.3, 0.4) is 0 Å². The predicted molar refractivity (Wildman–Crippen MR) is 56.0 cm³/mol. The van der Waals surface area contributed by atoms with Crippen molar-refractivity contribution in [2.75, 3.05) is 12.8 Å². The van der Waals surface area contributed by atoms with E-state index in [1.165, 1.54) is 6.42 Å². The van der Waals surface area contributed by atoms with Gasteiger partial charge in [0.15, 0.2) is 0 Å². The molecule has 3 heteroatoms. The molecule has 0 aromatic heterocycles. The maximum Gasteiger partial charge on any atom is 0.0370 e. The van der Waals surface area contributed by atoms with Gasteiger partial charge in [-0.3, -0.25) is 4.21 Å². The molecule has 0 spiro atoms. The molecule has 0 bridgehead atoms. The molecule has 0 heterocycles. The van der Waals surface area contributed by atoms with Gasteiger partial charge in [0, 0.05) is 23.4 Å². The smallest absolute Gasteiger partial charge is 0.0370 e. The lowest BCUT2D eigenvalue weighted by Gasteiger charge is -2.17. The minimum Gasteiger partial charge on any atom is -0.253 e. The Kier molecular flexibility index (Phi) is 6.44. The van der Waals surface area contributed by atoms with E-state index >= 15 is 0 Å². The number of hydrogen-bond donors (Lipinski definition) is 1. The van der Waals surface area contributed by atoms with Crippen LogP contribution in [0.4, 0.5) is 0 Å². The fourth-order valence-electron chi connectivity index (χ4n) is 1.39.